The molecule has 3 N–H and O–H groups in total. The number of esters is 1. The van der Waals surface area contributed by atoms with Crippen LogP contribution in [0.1, 0.15) is 41.3 Å². The summed E-state index contributed by atoms with van der Waals surface area (Å²) in [6, 6.07) is 15.0. The Balaban J connectivity index is 1.71. The number of hydrogen-bond acceptors (Lipinski definition) is 8. The zero-order valence-corrected chi connectivity index (χ0v) is 23.2. The van der Waals surface area contributed by atoms with Crippen LogP contribution in [-0.2, 0) is 30.6 Å². The van der Waals surface area contributed by atoms with Crippen LogP contribution >= 0.6 is 0 Å². The zero-order valence-electron chi connectivity index (χ0n) is 22.3. The smallest absolute Gasteiger partial charge is 0.348 e. The first-order valence-electron chi connectivity index (χ1n) is 13.0. The van der Waals surface area contributed by atoms with Gasteiger partial charge in [-0.1, -0.05) is 29.8 Å². The fraction of sp³-hybridized carbons (Fsp3) is 0.310. The van der Waals surface area contributed by atoms with Crippen LogP contribution < -0.4 is 16.0 Å². The topological polar surface area (TPSA) is 144 Å². The fourth-order valence-corrected chi connectivity index (χ4v) is 6.27. The number of aryl methyl sites for hydroxylation is 1. The molecule has 40 heavy (non-hydrogen) atoms. The van der Waals surface area contributed by atoms with Gasteiger partial charge < -0.3 is 20.7 Å². The lowest BCUT2D eigenvalue weighted by atomic mass is 10.0. The van der Waals surface area contributed by atoms with E-state index in [0.717, 1.165) is 12.0 Å². The van der Waals surface area contributed by atoms with Gasteiger partial charge in [0.25, 0.3) is 5.91 Å². The highest BCUT2D eigenvalue weighted by Crippen LogP contribution is 2.31. The van der Waals surface area contributed by atoms with E-state index in [4.69, 9.17) is 4.74 Å². The van der Waals surface area contributed by atoms with E-state index in [0.29, 0.717) is 29.8 Å². The standard InChI is InChI=1S/C29H32N4O6S/c1-3-39-28(36)29(33-27(35)25-5-4-16-31-25,40(37,38)24-12-6-20(2)7-13-24)19-21-8-10-23(11-9-21)32-26(34)22-14-17-30-18-15-22/h6-15,17-18,25,31H,3-5,16,19H2,1-2H3,(H,32,34)(H,33,35)/t25-,29+/m0/s1. The highest BCUT2D eigenvalue weighted by Gasteiger charge is 2.55. The molecule has 4 rings (SSSR count). The molecule has 210 valence electrons. The number of pyridine rings is 1. The highest BCUT2D eigenvalue weighted by atomic mass is 32.2. The van der Waals surface area contributed by atoms with Gasteiger partial charge in [0.2, 0.25) is 20.6 Å². The third-order valence-corrected chi connectivity index (χ3v) is 8.93. The fourth-order valence-electron chi connectivity index (χ4n) is 4.50. The quantitative estimate of drug-likeness (QED) is 0.319. The predicted molar refractivity (Wildman–Crippen MR) is 149 cm³/mol. The molecule has 2 atom stereocenters. The Morgan fingerprint density at radius 2 is 1.70 bits per heavy atom. The van der Waals surface area contributed by atoms with Crippen molar-refractivity contribution >= 4 is 33.3 Å². The Bertz CT molecular complexity index is 1450. The number of nitrogens with one attached hydrogen (secondary N) is 3. The number of carbonyl (C=O) groups is 3. The lowest BCUT2D eigenvalue weighted by Gasteiger charge is -2.33. The first kappa shape index (κ1) is 28.9. The monoisotopic (exact) mass is 564 g/mol. The average Bonchev–Trinajstić information content (AvgIpc) is 3.50. The highest BCUT2D eigenvalue weighted by molar-refractivity contribution is 7.93. The van der Waals surface area contributed by atoms with Gasteiger partial charge in [-0.25, -0.2) is 13.2 Å². The van der Waals surface area contributed by atoms with Crippen LogP contribution in [0.3, 0.4) is 0 Å². The van der Waals surface area contributed by atoms with Crippen LogP contribution in [0.4, 0.5) is 5.69 Å². The van der Waals surface area contributed by atoms with Gasteiger partial charge in [0, 0.05) is 30.1 Å². The Morgan fingerprint density at radius 1 is 1.02 bits per heavy atom. The van der Waals surface area contributed by atoms with Gasteiger partial charge in [-0.15, -0.1) is 0 Å². The summed E-state index contributed by atoms with van der Waals surface area (Å²) in [5, 5.41) is 8.40. The predicted octanol–water partition coefficient (Wildman–Crippen LogP) is 2.79. The van der Waals surface area contributed by atoms with E-state index in [-0.39, 0.29) is 23.8 Å². The number of ether oxygens (including phenoxy) is 1. The molecular weight excluding hydrogens is 532 g/mol. The molecule has 1 fully saturated rings. The lowest BCUT2D eigenvalue weighted by molar-refractivity contribution is -0.149. The normalized spacial score (nSPS) is 16.5. The molecule has 2 aromatic carbocycles. The number of amides is 2. The number of anilines is 1. The Kier molecular flexibility index (Phi) is 8.96. The van der Waals surface area contributed by atoms with Crippen molar-refractivity contribution in [3.8, 4) is 0 Å². The van der Waals surface area contributed by atoms with Gasteiger partial charge in [-0.05, 0) is 75.2 Å². The molecule has 0 radical (unpaired) electrons. The van der Waals surface area contributed by atoms with Crippen molar-refractivity contribution in [2.45, 2.75) is 48.9 Å². The maximum atomic E-state index is 14.2. The molecule has 0 aliphatic carbocycles. The molecule has 11 heteroatoms. The lowest BCUT2D eigenvalue weighted by Crippen LogP contribution is -2.64. The minimum Gasteiger partial charge on any atom is -0.463 e. The van der Waals surface area contributed by atoms with Crippen LogP contribution in [0.5, 0.6) is 0 Å². The first-order chi connectivity index (χ1) is 19.2. The third-order valence-electron chi connectivity index (χ3n) is 6.70. The largest absolute Gasteiger partial charge is 0.463 e. The van der Waals surface area contributed by atoms with Crippen molar-refractivity contribution in [2.75, 3.05) is 18.5 Å². The molecule has 0 bridgehead atoms. The summed E-state index contributed by atoms with van der Waals surface area (Å²) >= 11 is 0. The molecular formula is C29H32N4O6S. The second-order valence-electron chi connectivity index (χ2n) is 9.57. The van der Waals surface area contributed by atoms with E-state index in [2.05, 4.69) is 20.9 Å². The van der Waals surface area contributed by atoms with Crippen molar-refractivity contribution in [3.63, 3.8) is 0 Å². The summed E-state index contributed by atoms with van der Waals surface area (Å²) in [5.74, 6) is -2.01. The van der Waals surface area contributed by atoms with E-state index in [9.17, 15) is 22.8 Å². The summed E-state index contributed by atoms with van der Waals surface area (Å²) in [4.78, 5) is 40.7. The molecule has 10 nitrogen and oxygen atoms in total. The number of hydrogen-bond donors (Lipinski definition) is 3. The zero-order chi connectivity index (χ0) is 28.8. The minimum atomic E-state index is -4.50. The second-order valence-corrected chi connectivity index (χ2v) is 11.7. The Morgan fingerprint density at radius 3 is 2.30 bits per heavy atom. The molecule has 3 aromatic rings. The average molecular weight is 565 g/mol. The van der Waals surface area contributed by atoms with Crippen LogP contribution in [0, 0.1) is 6.92 Å². The maximum Gasteiger partial charge on any atom is 0.348 e. The summed E-state index contributed by atoms with van der Waals surface area (Å²) < 4.78 is 33.7. The summed E-state index contributed by atoms with van der Waals surface area (Å²) in [6.45, 7) is 3.92. The van der Waals surface area contributed by atoms with Crippen molar-refractivity contribution in [1.29, 1.82) is 0 Å². The van der Waals surface area contributed by atoms with Gasteiger partial charge in [0.15, 0.2) is 0 Å². The number of carbonyl (C=O) groups excluding carboxylic acids is 3. The SMILES string of the molecule is CCOC(=O)[C@](Cc1ccc(NC(=O)c2ccncc2)cc1)(NC(=O)[C@@H]1CCCN1)S(=O)(=O)c1ccc(C)cc1. The van der Waals surface area contributed by atoms with Gasteiger partial charge >= 0.3 is 5.97 Å². The van der Waals surface area contributed by atoms with E-state index < -0.39 is 32.6 Å². The molecule has 1 saturated heterocycles. The summed E-state index contributed by atoms with van der Waals surface area (Å²) in [5.41, 5.74) is 2.16. The second kappa shape index (κ2) is 12.4. The molecule has 2 heterocycles. The number of aromatic nitrogens is 1. The van der Waals surface area contributed by atoms with E-state index in [1.807, 2.05) is 6.92 Å². The first-order valence-corrected chi connectivity index (χ1v) is 14.5. The van der Waals surface area contributed by atoms with Gasteiger partial charge in [0.05, 0.1) is 17.5 Å². The van der Waals surface area contributed by atoms with Crippen LogP contribution in [0.25, 0.3) is 0 Å². The van der Waals surface area contributed by atoms with Gasteiger partial charge in [-0.3, -0.25) is 14.6 Å². The van der Waals surface area contributed by atoms with Crippen LogP contribution in [0.2, 0.25) is 0 Å². The van der Waals surface area contributed by atoms with Crippen LogP contribution in [0.15, 0.2) is 78.0 Å². The van der Waals surface area contributed by atoms with E-state index in [1.54, 1.807) is 55.5 Å². The summed E-state index contributed by atoms with van der Waals surface area (Å²) in [6.07, 6.45) is 3.90. The molecule has 2 amide bonds. The van der Waals surface area contributed by atoms with Crippen molar-refractivity contribution in [2.24, 2.45) is 0 Å². The number of sulfone groups is 1. The van der Waals surface area contributed by atoms with Crippen LogP contribution in [-0.4, -0.2) is 55.2 Å². The van der Waals surface area contributed by atoms with Gasteiger partial charge in [0.1, 0.15) is 0 Å². The van der Waals surface area contributed by atoms with E-state index >= 15 is 0 Å². The minimum absolute atomic E-state index is 0.0818. The van der Waals surface area contributed by atoms with Crippen molar-refractivity contribution < 1.29 is 27.5 Å². The molecule has 1 aromatic heterocycles. The van der Waals surface area contributed by atoms with Crippen molar-refractivity contribution in [3.05, 3.63) is 89.7 Å². The summed E-state index contributed by atoms with van der Waals surface area (Å²) in [7, 11) is -4.50. The molecule has 1 aliphatic rings. The Hall–Kier alpha value is -4.09. The maximum absolute atomic E-state index is 14.2. The molecule has 0 spiro atoms. The van der Waals surface area contributed by atoms with E-state index in [1.165, 1.54) is 24.5 Å². The Labute approximate surface area is 233 Å². The van der Waals surface area contributed by atoms with Crippen molar-refractivity contribution in [1.82, 2.24) is 15.6 Å². The molecule has 0 saturated carbocycles. The third kappa shape index (κ3) is 6.21. The number of nitrogens with zero attached hydrogens (tertiary/aromatic N) is 1. The van der Waals surface area contributed by atoms with Gasteiger partial charge in [-0.2, -0.15) is 0 Å². The number of benzene rings is 2. The number of rotatable bonds is 10. The molecule has 1 aliphatic heterocycles. The molecule has 0 unspecified atom stereocenters.